The minimum absolute atomic E-state index is 0.429. The molecule has 0 aromatic heterocycles. The van der Waals surface area contributed by atoms with Crippen LogP contribution in [-0.4, -0.2) is 17.7 Å². The summed E-state index contributed by atoms with van der Waals surface area (Å²) in [5, 5.41) is 10.7. The smallest absolute Gasteiger partial charge is 0.132 e. The number of carboxylic acids is 1. The van der Waals surface area contributed by atoms with E-state index in [1.807, 2.05) is 27.7 Å². The Labute approximate surface area is 91.5 Å². The van der Waals surface area contributed by atoms with E-state index in [1.54, 1.807) is 0 Å². The molecule has 4 nitrogen and oxygen atoms in total. The van der Waals surface area contributed by atoms with Gasteiger partial charge in [-0.3, -0.25) is 0 Å². The Morgan fingerprint density at radius 3 is 2.40 bits per heavy atom. The molecule has 0 bridgehead atoms. The van der Waals surface area contributed by atoms with E-state index in [9.17, 15) is 9.90 Å². The molecule has 0 aliphatic heterocycles. The Balaban J connectivity index is 4.01. The molecule has 4 heteroatoms. The van der Waals surface area contributed by atoms with E-state index < -0.39 is 17.7 Å². The van der Waals surface area contributed by atoms with Crippen molar-refractivity contribution in [3.05, 3.63) is 0 Å². The molecule has 0 aliphatic carbocycles. The van der Waals surface area contributed by atoms with E-state index in [-0.39, 0.29) is 0 Å². The zero-order valence-corrected chi connectivity index (χ0v) is 10.0. The summed E-state index contributed by atoms with van der Waals surface area (Å²) in [6.45, 7) is 7.63. The van der Waals surface area contributed by atoms with Crippen molar-refractivity contribution in [2.45, 2.75) is 65.1 Å². The first-order valence-corrected chi connectivity index (χ1v) is 5.48. The van der Waals surface area contributed by atoms with Crippen molar-refractivity contribution in [3.63, 3.8) is 0 Å². The standard InChI is InChI=1S/C11H22O4/c1-5-7-8-9(10(12)13)14-15-11(3,4)6-2/h9H,5-8H2,1-4H3,(H,12,13)/p-1. The van der Waals surface area contributed by atoms with Gasteiger partial charge in [-0.1, -0.05) is 26.7 Å². The molecule has 1 atom stereocenters. The van der Waals surface area contributed by atoms with E-state index in [4.69, 9.17) is 9.78 Å². The van der Waals surface area contributed by atoms with Gasteiger partial charge in [0.1, 0.15) is 6.10 Å². The van der Waals surface area contributed by atoms with Gasteiger partial charge in [-0.2, -0.15) is 0 Å². The average molecular weight is 217 g/mol. The van der Waals surface area contributed by atoms with E-state index >= 15 is 0 Å². The Kier molecular flexibility index (Phi) is 6.52. The van der Waals surface area contributed by atoms with Crippen molar-refractivity contribution in [2.24, 2.45) is 0 Å². The summed E-state index contributed by atoms with van der Waals surface area (Å²) in [5.74, 6) is -1.21. The van der Waals surface area contributed by atoms with E-state index in [0.29, 0.717) is 6.42 Å². The fourth-order valence-electron chi connectivity index (χ4n) is 0.842. The second kappa shape index (κ2) is 6.80. The van der Waals surface area contributed by atoms with Crippen LogP contribution in [0.4, 0.5) is 0 Å². The van der Waals surface area contributed by atoms with Crippen LogP contribution in [0, 0.1) is 0 Å². The number of rotatable bonds is 8. The van der Waals surface area contributed by atoms with E-state index in [1.165, 1.54) is 0 Å². The van der Waals surface area contributed by atoms with E-state index in [0.717, 1.165) is 19.3 Å². The quantitative estimate of drug-likeness (QED) is 0.456. The third kappa shape index (κ3) is 6.47. The molecule has 0 aliphatic rings. The van der Waals surface area contributed by atoms with Crippen molar-refractivity contribution in [2.75, 3.05) is 0 Å². The molecule has 0 rings (SSSR count). The van der Waals surface area contributed by atoms with Crippen molar-refractivity contribution in [1.82, 2.24) is 0 Å². The van der Waals surface area contributed by atoms with Crippen LogP contribution in [-0.2, 0) is 14.6 Å². The number of unbranched alkanes of at least 4 members (excludes halogenated alkanes) is 1. The molecule has 90 valence electrons. The Morgan fingerprint density at radius 2 is 2.00 bits per heavy atom. The lowest BCUT2D eigenvalue weighted by molar-refractivity contribution is -0.395. The summed E-state index contributed by atoms with van der Waals surface area (Å²) in [5.41, 5.74) is -0.458. The molecule has 0 heterocycles. The minimum Gasteiger partial charge on any atom is -0.547 e. The van der Waals surface area contributed by atoms with Crippen molar-refractivity contribution in [1.29, 1.82) is 0 Å². The first-order valence-electron chi connectivity index (χ1n) is 5.48. The number of carbonyl (C=O) groups excluding carboxylic acids is 1. The van der Waals surface area contributed by atoms with Crippen LogP contribution >= 0.6 is 0 Å². The minimum atomic E-state index is -1.21. The third-order valence-electron chi connectivity index (χ3n) is 2.32. The first-order chi connectivity index (χ1) is 6.93. The highest BCUT2D eigenvalue weighted by molar-refractivity contribution is 5.69. The molecule has 0 fully saturated rings. The molecule has 0 N–H and O–H groups in total. The van der Waals surface area contributed by atoms with Gasteiger partial charge in [-0.05, 0) is 26.7 Å². The number of carbonyl (C=O) groups is 1. The largest absolute Gasteiger partial charge is 0.547 e. The van der Waals surface area contributed by atoms with Crippen molar-refractivity contribution >= 4 is 5.97 Å². The summed E-state index contributed by atoms with van der Waals surface area (Å²) < 4.78 is 0. The van der Waals surface area contributed by atoms with Crippen LogP contribution < -0.4 is 5.11 Å². The van der Waals surface area contributed by atoms with Crippen LogP contribution in [0.2, 0.25) is 0 Å². The summed E-state index contributed by atoms with van der Waals surface area (Å²) in [6.07, 6.45) is 1.92. The second-order valence-corrected chi connectivity index (χ2v) is 4.24. The molecular weight excluding hydrogens is 196 g/mol. The molecule has 15 heavy (non-hydrogen) atoms. The van der Waals surface area contributed by atoms with Crippen LogP contribution in [0.15, 0.2) is 0 Å². The molecule has 0 saturated carbocycles. The summed E-state index contributed by atoms with van der Waals surface area (Å²) >= 11 is 0. The Morgan fingerprint density at radius 1 is 1.40 bits per heavy atom. The lowest BCUT2D eigenvalue weighted by atomic mass is 10.1. The van der Waals surface area contributed by atoms with Gasteiger partial charge in [0.25, 0.3) is 0 Å². The van der Waals surface area contributed by atoms with Gasteiger partial charge in [0.05, 0.1) is 11.6 Å². The lowest BCUT2D eigenvalue weighted by Crippen LogP contribution is -2.39. The maximum Gasteiger partial charge on any atom is 0.132 e. The predicted octanol–water partition coefficient (Wildman–Crippen LogP) is 1.43. The zero-order chi connectivity index (χ0) is 11.9. The monoisotopic (exact) mass is 217 g/mol. The summed E-state index contributed by atoms with van der Waals surface area (Å²) in [6, 6.07) is 0. The Hall–Kier alpha value is -0.610. The number of carboxylic acid groups (broad SMARTS) is 1. The molecular formula is C11H21O4-. The first kappa shape index (κ1) is 14.4. The van der Waals surface area contributed by atoms with Crippen LogP contribution in [0.25, 0.3) is 0 Å². The van der Waals surface area contributed by atoms with Crippen LogP contribution in [0.5, 0.6) is 0 Å². The van der Waals surface area contributed by atoms with Gasteiger partial charge < -0.3 is 9.90 Å². The normalized spacial score (nSPS) is 13.9. The molecule has 0 aromatic rings. The Bertz CT molecular complexity index is 189. The van der Waals surface area contributed by atoms with Gasteiger partial charge in [-0.15, -0.1) is 0 Å². The number of aliphatic carboxylic acids is 1. The van der Waals surface area contributed by atoms with Gasteiger partial charge >= 0.3 is 0 Å². The molecule has 0 saturated heterocycles. The number of hydrogen-bond acceptors (Lipinski definition) is 4. The number of hydrogen-bond donors (Lipinski definition) is 0. The summed E-state index contributed by atoms with van der Waals surface area (Å²) in [4.78, 5) is 20.7. The van der Waals surface area contributed by atoms with Crippen molar-refractivity contribution < 1.29 is 19.7 Å². The maximum atomic E-state index is 10.7. The van der Waals surface area contributed by atoms with Gasteiger partial charge in [0.2, 0.25) is 0 Å². The maximum absolute atomic E-state index is 10.7. The lowest BCUT2D eigenvalue weighted by Gasteiger charge is -2.25. The molecule has 0 radical (unpaired) electrons. The zero-order valence-electron chi connectivity index (χ0n) is 10.0. The van der Waals surface area contributed by atoms with Gasteiger partial charge in [0, 0.05) is 0 Å². The molecule has 0 aromatic carbocycles. The second-order valence-electron chi connectivity index (χ2n) is 4.24. The average Bonchev–Trinajstić information content (AvgIpc) is 2.17. The van der Waals surface area contributed by atoms with Crippen LogP contribution in [0.3, 0.4) is 0 Å². The molecule has 0 spiro atoms. The fraction of sp³-hybridized carbons (Fsp3) is 0.909. The third-order valence-corrected chi connectivity index (χ3v) is 2.32. The molecule has 0 amide bonds. The SMILES string of the molecule is CCCCC(OOC(C)(C)CC)C(=O)[O-]. The highest BCUT2D eigenvalue weighted by atomic mass is 17.2. The van der Waals surface area contributed by atoms with E-state index in [2.05, 4.69) is 0 Å². The highest BCUT2D eigenvalue weighted by Gasteiger charge is 2.20. The fourth-order valence-corrected chi connectivity index (χ4v) is 0.842. The van der Waals surface area contributed by atoms with Gasteiger partial charge in [-0.25, -0.2) is 9.78 Å². The highest BCUT2D eigenvalue weighted by Crippen LogP contribution is 2.16. The van der Waals surface area contributed by atoms with Crippen LogP contribution in [0.1, 0.15) is 53.4 Å². The van der Waals surface area contributed by atoms with Gasteiger partial charge in [0.15, 0.2) is 0 Å². The predicted molar refractivity (Wildman–Crippen MR) is 54.9 cm³/mol. The van der Waals surface area contributed by atoms with Crippen molar-refractivity contribution in [3.8, 4) is 0 Å². The summed E-state index contributed by atoms with van der Waals surface area (Å²) in [7, 11) is 0. The topological polar surface area (TPSA) is 58.6 Å². The molecule has 1 unspecified atom stereocenters.